The van der Waals surface area contributed by atoms with E-state index in [9.17, 15) is 0 Å². The van der Waals surface area contributed by atoms with Crippen molar-refractivity contribution in [3.63, 3.8) is 0 Å². The second-order valence-corrected chi connectivity index (χ2v) is 3.41. The molecule has 2 rings (SSSR count). The van der Waals surface area contributed by atoms with Gasteiger partial charge in [0.05, 0.1) is 0 Å². The SMILES string of the molecule is CC(CO)c1ccc2cc[nH]c2c1. The zero-order valence-electron chi connectivity index (χ0n) is 7.62. The number of H-pyrrole nitrogens is 1. The van der Waals surface area contributed by atoms with Crippen LogP contribution in [0.3, 0.4) is 0 Å². The Morgan fingerprint density at radius 2 is 2.23 bits per heavy atom. The van der Waals surface area contributed by atoms with Gasteiger partial charge < -0.3 is 10.1 Å². The average Bonchev–Trinajstić information content (AvgIpc) is 2.63. The lowest BCUT2D eigenvalue weighted by Gasteiger charge is -2.07. The van der Waals surface area contributed by atoms with Gasteiger partial charge in [0.2, 0.25) is 0 Å². The number of aliphatic hydroxyl groups is 1. The van der Waals surface area contributed by atoms with Crippen molar-refractivity contribution in [3.8, 4) is 0 Å². The molecule has 13 heavy (non-hydrogen) atoms. The first-order valence-corrected chi connectivity index (χ1v) is 4.49. The van der Waals surface area contributed by atoms with Gasteiger partial charge in [-0.15, -0.1) is 0 Å². The summed E-state index contributed by atoms with van der Waals surface area (Å²) in [5.74, 6) is 0.215. The minimum atomic E-state index is 0.201. The highest BCUT2D eigenvalue weighted by Crippen LogP contribution is 2.20. The van der Waals surface area contributed by atoms with Gasteiger partial charge in [0.25, 0.3) is 0 Å². The van der Waals surface area contributed by atoms with E-state index in [1.54, 1.807) is 0 Å². The number of nitrogens with one attached hydrogen (secondary N) is 1. The Balaban J connectivity index is 2.48. The van der Waals surface area contributed by atoms with E-state index in [2.05, 4.69) is 23.2 Å². The standard InChI is InChI=1S/C11H13NO/c1-8(7-13)10-3-2-9-4-5-12-11(9)6-10/h2-6,8,12-13H,7H2,1H3. The van der Waals surface area contributed by atoms with Gasteiger partial charge in [0.1, 0.15) is 0 Å². The molecular weight excluding hydrogens is 162 g/mol. The topological polar surface area (TPSA) is 36.0 Å². The number of aliphatic hydroxyl groups excluding tert-OH is 1. The van der Waals surface area contributed by atoms with Crippen LogP contribution in [0.25, 0.3) is 10.9 Å². The lowest BCUT2D eigenvalue weighted by molar-refractivity contribution is 0.273. The molecule has 1 aromatic carbocycles. The quantitative estimate of drug-likeness (QED) is 0.721. The average molecular weight is 175 g/mol. The third kappa shape index (κ3) is 1.45. The Kier molecular flexibility index (Phi) is 2.07. The van der Waals surface area contributed by atoms with Crippen LogP contribution >= 0.6 is 0 Å². The Hall–Kier alpha value is -1.28. The number of benzene rings is 1. The summed E-state index contributed by atoms with van der Waals surface area (Å²) in [6, 6.07) is 8.28. The fourth-order valence-electron chi connectivity index (χ4n) is 1.48. The molecule has 2 N–H and O–H groups in total. The number of hydrogen-bond acceptors (Lipinski definition) is 1. The maximum atomic E-state index is 9.00. The van der Waals surface area contributed by atoms with Crippen LogP contribution in [0.5, 0.6) is 0 Å². The van der Waals surface area contributed by atoms with Crippen LogP contribution in [0.4, 0.5) is 0 Å². The van der Waals surface area contributed by atoms with Crippen LogP contribution in [-0.4, -0.2) is 16.7 Å². The molecular formula is C11H13NO. The molecule has 0 aliphatic rings. The molecule has 68 valence electrons. The molecule has 0 aliphatic heterocycles. The monoisotopic (exact) mass is 175 g/mol. The van der Waals surface area contributed by atoms with Gasteiger partial charge in [0, 0.05) is 24.2 Å². The first kappa shape index (κ1) is 8.32. The van der Waals surface area contributed by atoms with Crippen molar-refractivity contribution >= 4 is 10.9 Å². The van der Waals surface area contributed by atoms with Crippen molar-refractivity contribution in [1.82, 2.24) is 4.98 Å². The van der Waals surface area contributed by atoms with E-state index < -0.39 is 0 Å². The molecule has 1 aromatic heterocycles. The predicted octanol–water partition coefficient (Wildman–Crippen LogP) is 2.26. The van der Waals surface area contributed by atoms with E-state index in [1.807, 2.05) is 19.2 Å². The molecule has 1 unspecified atom stereocenters. The highest BCUT2D eigenvalue weighted by molar-refractivity contribution is 5.79. The van der Waals surface area contributed by atoms with Crippen LogP contribution in [0.15, 0.2) is 30.5 Å². The lowest BCUT2D eigenvalue weighted by Crippen LogP contribution is -1.97. The van der Waals surface area contributed by atoms with Gasteiger partial charge in [0.15, 0.2) is 0 Å². The van der Waals surface area contributed by atoms with Crippen LogP contribution in [-0.2, 0) is 0 Å². The van der Waals surface area contributed by atoms with Gasteiger partial charge in [-0.05, 0) is 23.1 Å². The summed E-state index contributed by atoms with van der Waals surface area (Å²) in [6.07, 6.45) is 1.93. The van der Waals surface area contributed by atoms with Crippen molar-refractivity contribution in [2.24, 2.45) is 0 Å². The summed E-state index contributed by atoms with van der Waals surface area (Å²) in [7, 11) is 0. The molecule has 0 saturated carbocycles. The fraction of sp³-hybridized carbons (Fsp3) is 0.273. The van der Waals surface area contributed by atoms with Gasteiger partial charge in [-0.2, -0.15) is 0 Å². The molecule has 0 aliphatic carbocycles. The van der Waals surface area contributed by atoms with Crippen LogP contribution < -0.4 is 0 Å². The molecule has 1 heterocycles. The summed E-state index contributed by atoms with van der Waals surface area (Å²) in [5, 5.41) is 10.2. The molecule has 0 bridgehead atoms. The molecule has 0 amide bonds. The van der Waals surface area contributed by atoms with Gasteiger partial charge >= 0.3 is 0 Å². The minimum absolute atomic E-state index is 0.201. The fourth-order valence-corrected chi connectivity index (χ4v) is 1.48. The highest BCUT2D eigenvalue weighted by Gasteiger charge is 2.04. The van der Waals surface area contributed by atoms with Crippen molar-refractivity contribution in [2.75, 3.05) is 6.61 Å². The summed E-state index contributed by atoms with van der Waals surface area (Å²) < 4.78 is 0. The molecule has 0 fully saturated rings. The molecule has 2 nitrogen and oxygen atoms in total. The van der Waals surface area contributed by atoms with E-state index in [4.69, 9.17) is 5.11 Å². The molecule has 2 heteroatoms. The van der Waals surface area contributed by atoms with E-state index >= 15 is 0 Å². The number of aromatic nitrogens is 1. The number of rotatable bonds is 2. The third-order valence-electron chi connectivity index (χ3n) is 2.42. The van der Waals surface area contributed by atoms with Crippen molar-refractivity contribution < 1.29 is 5.11 Å². The minimum Gasteiger partial charge on any atom is -0.396 e. The summed E-state index contributed by atoms with van der Waals surface area (Å²) in [5.41, 5.74) is 2.32. The molecule has 2 aromatic rings. The Bertz CT molecular complexity index is 405. The Morgan fingerprint density at radius 1 is 1.38 bits per heavy atom. The van der Waals surface area contributed by atoms with Crippen molar-refractivity contribution in [3.05, 3.63) is 36.0 Å². The van der Waals surface area contributed by atoms with Gasteiger partial charge in [-0.1, -0.05) is 19.1 Å². The Morgan fingerprint density at radius 3 is 3.00 bits per heavy atom. The lowest BCUT2D eigenvalue weighted by atomic mass is 10.0. The van der Waals surface area contributed by atoms with Crippen LogP contribution in [0.2, 0.25) is 0 Å². The van der Waals surface area contributed by atoms with E-state index in [1.165, 1.54) is 10.9 Å². The second-order valence-electron chi connectivity index (χ2n) is 3.41. The second kappa shape index (κ2) is 3.23. The predicted molar refractivity (Wildman–Crippen MR) is 53.8 cm³/mol. The molecule has 0 saturated heterocycles. The van der Waals surface area contributed by atoms with Gasteiger partial charge in [-0.3, -0.25) is 0 Å². The zero-order valence-corrected chi connectivity index (χ0v) is 7.62. The number of aromatic amines is 1. The number of fused-ring (bicyclic) bond motifs is 1. The van der Waals surface area contributed by atoms with Gasteiger partial charge in [-0.25, -0.2) is 0 Å². The van der Waals surface area contributed by atoms with Crippen LogP contribution in [0, 0.1) is 0 Å². The van der Waals surface area contributed by atoms with Crippen molar-refractivity contribution in [1.29, 1.82) is 0 Å². The maximum Gasteiger partial charge on any atom is 0.0497 e. The van der Waals surface area contributed by atoms with E-state index in [0.29, 0.717) is 0 Å². The molecule has 1 atom stereocenters. The summed E-state index contributed by atoms with van der Waals surface area (Å²) in [6.45, 7) is 2.22. The first-order valence-electron chi connectivity index (χ1n) is 4.49. The number of hydrogen-bond donors (Lipinski definition) is 2. The highest BCUT2D eigenvalue weighted by atomic mass is 16.3. The first-order chi connectivity index (χ1) is 6.31. The largest absolute Gasteiger partial charge is 0.396 e. The smallest absolute Gasteiger partial charge is 0.0497 e. The maximum absolute atomic E-state index is 9.00. The van der Waals surface area contributed by atoms with E-state index in [-0.39, 0.29) is 12.5 Å². The third-order valence-corrected chi connectivity index (χ3v) is 2.42. The summed E-state index contributed by atoms with van der Waals surface area (Å²) >= 11 is 0. The Labute approximate surface area is 77.2 Å². The molecule has 0 radical (unpaired) electrons. The van der Waals surface area contributed by atoms with E-state index in [0.717, 1.165) is 5.52 Å². The zero-order chi connectivity index (χ0) is 9.26. The summed E-state index contributed by atoms with van der Waals surface area (Å²) in [4.78, 5) is 3.16. The molecule has 0 spiro atoms. The van der Waals surface area contributed by atoms with Crippen LogP contribution in [0.1, 0.15) is 18.4 Å². The van der Waals surface area contributed by atoms with Crippen molar-refractivity contribution in [2.45, 2.75) is 12.8 Å². The normalized spacial score (nSPS) is 13.4.